The van der Waals surface area contributed by atoms with Crippen LogP contribution in [0, 0.1) is 0 Å². The SMILES string of the molecule is c1ccc(-n2ccc(OCC3CO3)n2)cc1. The summed E-state index contributed by atoms with van der Waals surface area (Å²) in [7, 11) is 0. The van der Waals surface area contributed by atoms with E-state index >= 15 is 0 Å². The second kappa shape index (κ2) is 3.98. The van der Waals surface area contributed by atoms with Crippen LogP contribution >= 0.6 is 0 Å². The fourth-order valence-electron chi connectivity index (χ4n) is 1.45. The molecular weight excluding hydrogens is 204 g/mol. The Morgan fingerprint density at radius 2 is 2.12 bits per heavy atom. The van der Waals surface area contributed by atoms with E-state index in [9.17, 15) is 0 Å². The molecule has 2 aromatic rings. The molecule has 16 heavy (non-hydrogen) atoms. The first-order valence-electron chi connectivity index (χ1n) is 5.27. The second-order valence-corrected chi connectivity index (χ2v) is 3.70. The molecule has 1 aliphatic heterocycles. The smallest absolute Gasteiger partial charge is 0.233 e. The Balaban J connectivity index is 1.71. The van der Waals surface area contributed by atoms with Crippen molar-refractivity contribution in [2.24, 2.45) is 0 Å². The van der Waals surface area contributed by atoms with Crippen molar-refractivity contribution < 1.29 is 9.47 Å². The van der Waals surface area contributed by atoms with Crippen LogP contribution < -0.4 is 4.74 Å². The summed E-state index contributed by atoms with van der Waals surface area (Å²) in [4.78, 5) is 0. The molecule has 1 atom stereocenters. The van der Waals surface area contributed by atoms with Gasteiger partial charge in [-0.05, 0) is 12.1 Å². The van der Waals surface area contributed by atoms with Gasteiger partial charge in [0.05, 0.1) is 12.3 Å². The van der Waals surface area contributed by atoms with E-state index < -0.39 is 0 Å². The molecule has 82 valence electrons. The zero-order valence-corrected chi connectivity index (χ0v) is 8.74. The highest BCUT2D eigenvalue weighted by Crippen LogP contribution is 2.14. The van der Waals surface area contributed by atoms with Crippen LogP contribution in [-0.2, 0) is 4.74 Å². The summed E-state index contributed by atoms with van der Waals surface area (Å²) >= 11 is 0. The third-order valence-electron chi connectivity index (χ3n) is 2.40. The van der Waals surface area contributed by atoms with E-state index in [1.54, 1.807) is 4.68 Å². The maximum absolute atomic E-state index is 5.48. The fraction of sp³-hybridized carbons (Fsp3) is 0.250. The van der Waals surface area contributed by atoms with Gasteiger partial charge < -0.3 is 9.47 Å². The Hall–Kier alpha value is -1.81. The number of benzene rings is 1. The number of hydrogen-bond donors (Lipinski definition) is 0. The average molecular weight is 216 g/mol. The van der Waals surface area contributed by atoms with E-state index in [1.165, 1.54) is 0 Å². The van der Waals surface area contributed by atoms with Gasteiger partial charge in [-0.3, -0.25) is 0 Å². The predicted molar refractivity (Wildman–Crippen MR) is 58.8 cm³/mol. The lowest BCUT2D eigenvalue weighted by Gasteiger charge is -2.00. The molecule has 0 amide bonds. The van der Waals surface area contributed by atoms with Gasteiger partial charge in [0.15, 0.2) is 0 Å². The summed E-state index contributed by atoms with van der Waals surface area (Å²) in [6.07, 6.45) is 2.15. The van der Waals surface area contributed by atoms with Gasteiger partial charge in [-0.15, -0.1) is 5.10 Å². The molecule has 2 heterocycles. The zero-order valence-electron chi connectivity index (χ0n) is 8.74. The lowest BCUT2D eigenvalue weighted by Crippen LogP contribution is -2.05. The molecule has 3 rings (SSSR count). The van der Waals surface area contributed by atoms with E-state index in [4.69, 9.17) is 9.47 Å². The van der Waals surface area contributed by atoms with Crippen molar-refractivity contribution in [3.05, 3.63) is 42.6 Å². The number of epoxide rings is 1. The molecular formula is C12H12N2O2. The van der Waals surface area contributed by atoms with Crippen LogP contribution in [0.25, 0.3) is 5.69 Å². The quantitative estimate of drug-likeness (QED) is 0.729. The molecule has 0 aliphatic carbocycles. The number of rotatable bonds is 4. The fourth-order valence-corrected chi connectivity index (χ4v) is 1.45. The highest BCUT2D eigenvalue weighted by molar-refractivity contribution is 5.31. The predicted octanol–water partition coefficient (Wildman–Crippen LogP) is 1.65. The minimum atomic E-state index is 0.266. The van der Waals surface area contributed by atoms with Gasteiger partial charge in [0.1, 0.15) is 12.7 Å². The summed E-state index contributed by atoms with van der Waals surface area (Å²) < 4.78 is 12.3. The van der Waals surface area contributed by atoms with E-state index in [2.05, 4.69) is 5.10 Å². The van der Waals surface area contributed by atoms with E-state index in [0.29, 0.717) is 12.5 Å². The Kier molecular flexibility index (Phi) is 2.34. The molecule has 0 radical (unpaired) electrons. The van der Waals surface area contributed by atoms with Crippen LogP contribution in [0.5, 0.6) is 5.88 Å². The Bertz CT molecular complexity index is 463. The molecule has 0 saturated carbocycles. The van der Waals surface area contributed by atoms with Crippen molar-refractivity contribution in [3.8, 4) is 11.6 Å². The Morgan fingerprint density at radius 1 is 1.31 bits per heavy atom. The van der Waals surface area contributed by atoms with Crippen LogP contribution in [0.3, 0.4) is 0 Å². The first-order chi connectivity index (χ1) is 7.92. The van der Waals surface area contributed by atoms with Gasteiger partial charge in [0.25, 0.3) is 0 Å². The summed E-state index contributed by atoms with van der Waals surface area (Å²) in [5.74, 6) is 0.638. The van der Waals surface area contributed by atoms with Gasteiger partial charge in [0.2, 0.25) is 5.88 Å². The van der Waals surface area contributed by atoms with E-state index in [0.717, 1.165) is 12.3 Å². The highest BCUT2D eigenvalue weighted by atomic mass is 16.6. The number of nitrogens with zero attached hydrogens (tertiary/aromatic N) is 2. The normalized spacial score (nSPS) is 18.4. The summed E-state index contributed by atoms with van der Waals surface area (Å²) in [5.41, 5.74) is 1.03. The molecule has 0 spiro atoms. The first-order valence-corrected chi connectivity index (χ1v) is 5.27. The lowest BCUT2D eigenvalue weighted by atomic mass is 10.3. The molecule has 1 saturated heterocycles. The van der Waals surface area contributed by atoms with Crippen LogP contribution in [0.15, 0.2) is 42.6 Å². The third-order valence-corrected chi connectivity index (χ3v) is 2.40. The largest absolute Gasteiger partial charge is 0.474 e. The van der Waals surface area contributed by atoms with Crippen molar-refractivity contribution in [2.45, 2.75) is 6.10 Å². The second-order valence-electron chi connectivity index (χ2n) is 3.70. The molecule has 4 nitrogen and oxygen atoms in total. The van der Waals surface area contributed by atoms with Crippen molar-refractivity contribution in [1.29, 1.82) is 0 Å². The van der Waals surface area contributed by atoms with Gasteiger partial charge in [0, 0.05) is 12.3 Å². The lowest BCUT2D eigenvalue weighted by molar-refractivity contribution is 0.254. The number of aromatic nitrogens is 2. The Morgan fingerprint density at radius 3 is 2.88 bits per heavy atom. The molecule has 0 bridgehead atoms. The molecule has 1 aromatic carbocycles. The standard InChI is InChI=1S/C12H12N2O2/c1-2-4-10(5-3-1)14-7-6-12(13-14)16-9-11-8-15-11/h1-7,11H,8-9H2. The van der Waals surface area contributed by atoms with Crippen LogP contribution in [-0.4, -0.2) is 29.1 Å². The molecule has 1 aromatic heterocycles. The third kappa shape index (κ3) is 2.06. The average Bonchev–Trinajstić information content (AvgIpc) is 3.05. The van der Waals surface area contributed by atoms with Gasteiger partial charge >= 0.3 is 0 Å². The van der Waals surface area contributed by atoms with Crippen molar-refractivity contribution in [2.75, 3.05) is 13.2 Å². The number of ether oxygens (including phenoxy) is 2. The van der Waals surface area contributed by atoms with Gasteiger partial charge in [-0.25, -0.2) is 4.68 Å². The van der Waals surface area contributed by atoms with Crippen LogP contribution in [0.4, 0.5) is 0 Å². The zero-order chi connectivity index (χ0) is 10.8. The molecule has 0 N–H and O–H groups in total. The monoisotopic (exact) mass is 216 g/mol. The van der Waals surface area contributed by atoms with Gasteiger partial charge in [-0.2, -0.15) is 0 Å². The van der Waals surface area contributed by atoms with Gasteiger partial charge in [-0.1, -0.05) is 18.2 Å². The van der Waals surface area contributed by atoms with E-state index in [-0.39, 0.29) is 6.10 Å². The van der Waals surface area contributed by atoms with Crippen molar-refractivity contribution in [3.63, 3.8) is 0 Å². The Labute approximate surface area is 93.4 Å². The number of hydrogen-bond acceptors (Lipinski definition) is 3. The summed E-state index contributed by atoms with van der Waals surface area (Å²) in [6.45, 7) is 1.39. The molecule has 1 fully saturated rings. The molecule has 1 aliphatic rings. The maximum Gasteiger partial charge on any atom is 0.233 e. The topological polar surface area (TPSA) is 39.6 Å². The van der Waals surface area contributed by atoms with Crippen molar-refractivity contribution in [1.82, 2.24) is 9.78 Å². The van der Waals surface area contributed by atoms with E-state index in [1.807, 2.05) is 42.6 Å². The van der Waals surface area contributed by atoms with Crippen LogP contribution in [0.2, 0.25) is 0 Å². The summed E-state index contributed by atoms with van der Waals surface area (Å²) in [6, 6.07) is 11.8. The maximum atomic E-state index is 5.48. The number of para-hydroxylation sites is 1. The molecule has 1 unspecified atom stereocenters. The molecule has 4 heteroatoms. The van der Waals surface area contributed by atoms with Crippen LogP contribution in [0.1, 0.15) is 0 Å². The van der Waals surface area contributed by atoms with Crippen molar-refractivity contribution >= 4 is 0 Å². The summed E-state index contributed by atoms with van der Waals surface area (Å²) in [5, 5.41) is 4.32. The highest BCUT2D eigenvalue weighted by Gasteiger charge is 2.23. The minimum absolute atomic E-state index is 0.266. The first kappa shape index (κ1) is 9.42. The minimum Gasteiger partial charge on any atom is -0.474 e.